The highest BCUT2D eigenvalue weighted by atomic mass is 35.5. The van der Waals surface area contributed by atoms with Crippen LogP contribution in [0.2, 0.25) is 5.02 Å². The minimum absolute atomic E-state index is 0.131. The van der Waals surface area contributed by atoms with Crippen molar-refractivity contribution in [3.8, 4) is 0 Å². The Balaban J connectivity index is 2.19. The zero-order chi connectivity index (χ0) is 14.9. The number of likely N-dealkylation sites (N-methyl/N-ethyl adjacent to an activating group) is 1. The largest absolute Gasteiger partial charge is 0.481 e. The van der Waals surface area contributed by atoms with Crippen LogP contribution in [0.15, 0.2) is 18.2 Å². The molecule has 1 aliphatic heterocycles. The van der Waals surface area contributed by atoms with E-state index in [-0.39, 0.29) is 19.1 Å². The van der Waals surface area contributed by atoms with Gasteiger partial charge in [-0.15, -0.1) is 0 Å². The number of rotatable bonds is 3. The van der Waals surface area contributed by atoms with Crippen molar-refractivity contribution in [1.29, 1.82) is 0 Å². The molecule has 5 nitrogen and oxygen atoms in total. The van der Waals surface area contributed by atoms with Crippen LogP contribution in [-0.4, -0.2) is 48.2 Å². The van der Waals surface area contributed by atoms with E-state index in [9.17, 15) is 9.59 Å². The van der Waals surface area contributed by atoms with E-state index in [1.165, 1.54) is 4.90 Å². The van der Waals surface area contributed by atoms with E-state index < -0.39 is 17.9 Å². The summed E-state index contributed by atoms with van der Waals surface area (Å²) in [6.45, 7) is 2.22. The average Bonchev–Trinajstić information content (AvgIpc) is 2.89. The lowest BCUT2D eigenvalue weighted by atomic mass is 10.0. The van der Waals surface area contributed by atoms with Crippen LogP contribution < -0.4 is 0 Å². The summed E-state index contributed by atoms with van der Waals surface area (Å²) in [5.41, 5.74) is 1.33. The molecule has 1 aromatic rings. The Bertz CT molecular complexity index is 546. The summed E-state index contributed by atoms with van der Waals surface area (Å²) in [7, 11) is 1.59. The van der Waals surface area contributed by atoms with Gasteiger partial charge in [-0.1, -0.05) is 17.7 Å². The van der Waals surface area contributed by atoms with Crippen molar-refractivity contribution in [1.82, 2.24) is 4.90 Å². The first-order valence-electron chi connectivity index (χ1n) is 6.25. The minimum Gasteiger partial charge on any atom is -0.481 e. The minimum atomic E-state index is -0.950. The van der Waals surface area contributed by atoms with Crippen LogP contribution in [0.5, 0.6) is 0 Å². The summed E-state index contributed by atoms with van der Waals surface area (Å²) in [4.78, 5) is 24.9. The van der Waals surface area contributed by atoms with Crippen LogP contribution in [-0.2, 0) is 9.53 Å². The first-order valence-corrected chi connectivity index (χ1v) is 6.63. The van der Waals surface area contributed by atoms with Gasteiger partial charge in [0.1, 0.15) is 5.92 Å². The predicted octanol–water partition coefficient (Wildman–Crippen LogP) is 1.82. The molecule has 1 aliphatic rings. The lowest BCUT2D eigenvalue weighted by molar-refractivity contribution is -0.142. The van der Waals surface area contributed by atoms with Gasteiger partial charge in [0.2, 0.25) is 0 Å². The van der Waals surface area contributed by atoms with Gasteiger partial charge in [-0.2, -0.15) is 0 Å². The number of carbonyl (C=O) groups is 2. The summed E-state index contributed by atoms with van der Waals surface area (Å²) in [6, 6.07) is 4.59. The smallest absolute Gasteiger partial charge is 0.311 e. The van der Waals surface area contributed by atoms with Crippen molar-refractivity contribution in [3.63, 3.8) is 0 Å². The molecule has 1 saturated heterocycles. The van der Waals surface area contributed by atoms with Crippen molar-refractivity contribution in [3.05, 3.63) is 34.3 Å². The molecule has 1 fully saturated rings. The molecule has 1 aromatic carbocycles. The van der Waals surface area contributed by atoms with Gasteiger partial charge in [0.05, 0.1) is 19.3 Å². The number of hydrogen-bond acceptors (Lipinski definition) is 3. The van der Waals surface area contributed by atoms with Gasteiger partial charge in [-0.05, 0) is 24.6 Å². The molecule has 20 heavy (non-hydrogen) atoms. The number of hydrogen-bond donors (Lipinski definition) is 1. The SMILES string of the molecule is Cc1ccc(C(=O)N(C)C2COCC2C(=O)O)cc1Cl. The third-order valence-corrected chi connectivity index (χ3v) is 4.01. The van der Waals surface area contributed by atoms with Gasteiger partial charge in [0.15, 0.2) is 0 Å². The summed E-state index contributed by atoms with van der Waals surface area (Å²) in [5, 5.41) is 9.64. The molecule has 2 unspecified atom stereocenters. The lowest BCUT2D eigenvalue weighted by Gasteiger charge is -2.26. The molecule has 108 valence electrons. The molecular weight excluding hydrogens is 282 g/mol. The van der Waals surface area contributed by atoms with Crippen LogP contribution >= 0.6 is 11.6 Å². The number of benzene rings is 1. The number of carbonyl (C=O) groups excluding carboxylic acids is 1. The maximum Gasteiger partial charge on any atom is 0.311 e. The Labute approximate surface area is 122 Å². The van der Waals surface area contributed by atoms with E-state index >= 15 is 0 Å². The Morgan fingerprint density at radius 2 is 2.10 bits per heavy atom. The summed E-state index contributed by atoms with van der Waals surface area (Å²) in [6.07, 6.45) is 0. The molecule has 0 saturated carbocycles. The van der Waals surface area contributed by atoms with Gasteiger partial charge in [0, 0.05) is 17.6 Å². The van der Waals surface area contributed by atoms with Crippen molar-refractivity contribution in [2.75, 3.05) is 20.3 Å². The molecule has 0 spiro atoms. The third kappa shape index (κ3) is 2.78. The van der Waals surface area contributed by atoms with E-state index in [1.807, 2.05) is 6.92 Å². The monoisotopic (exact) mass is 297 g/mol. The molecule has 2 rings (SSSR count). The average molecular weight is 298 g/mol. The Hall–Kier alpha value is -1.59. The van der Waals surface area contributed by atoms with E-state index in [2.05, 4.69) is 0 Å². The first-order chi connectivity index (χ1) is 9.41. The molecule has 2 atom stereocenters. The number of aliphatic carboxylic acids is 1. The second-order valence-corrected chi connectivity index (χ2v) is 5.34. The fourth-order valence-corrected chi connectivity index (χ4v) is 2.42. The number of carboxylic acids is 1. The molecule has 1 amide bonds. The number of ether oxygens (including phenoxy) is 1. The highest BCUT2D eigenvalue weighted by Crippen LogP contribution is 2.22. The summed E-state index contributed by atoms with van der Waals surface area (Å²) < 4.78 is 5.18. The van der Waals surface area contributed by atoms with E-state index in [0.717, 1.165) is 5.56 Å². The maximum atomic E-state index is 12.4. The fourth-order valence-electron chi connectivity index (χ4n) is 2.24. The van der Waals surface area contributed by atoms with Crippen LogP contribution in [0.4, 0.5) is 0 Å². The zero-order valence-corrected chi connectivity index (χ0v) is 12.1. The fraction of sp³-hybridized carbons (Fsp3) is 0.429. The van der Waals surface area contributed by atoms with Gasteiger partial charge < -0.3 is 14.7 Å². The Morgan fingerprint density at radius 3 is 2.70 bits per heavy atom. The van der Waals surface area contributed by atoms with Crippen LogP contribution in [0.1, 0.15) is 15.9 Å². The highest BCUT2D eigenvalue weighted by Gasteiger charge is 2.38. The molecule has 0 aromatic heterocycles. The normalized spacial score (nSPS) is 21.8. The van der Waals surface area contributed by atoms with Gasteiger partial charge in [-0.25, -0.2) is 0 Å². The number of aryl methyl sites for hydroxylation is 1. The van der Waals surface area contributed by atoms with Crippen LogP contribution in [0, 0.1) is 12.8 Å². The van der Waals surface area contributed by atoms with Crippen LogP contribution in [0.25, 0.3) is 0 Å². The van der Waals surface area contributed by atoms with Crippen molar-refractivity contribution in [2.45, 2.75) is 13.0 Å². The van der Waals surface area contributed by atoms with Gasteiger partial charge in [0.25, 0.3) is 5.91 Å². The number of amides is 1. The predicted molar refractivity (Wildman–Crippen MR) is 74.0 cm³/mol. The Morgan fingerprint density at radius 1 is 1.40 bits per heavy atom. The summed E-state index contributed by atoms with van der Waals surface area (Å²) >= 11 is 6.01. The van der Waals surface area contributed by atoms with Crippen LogP contribution in [0.3, 0.4) is 0 Å². The summed E-state index contributed by atoms with van der Waals surface area (Å²) in [5.74, 6) is -1.90. The molecule has 6 heteroatoms. The molecule has 0 bridgehead atoms. The van der Waals surface area contributed by atoms with E-state index in [1.54, 1.807) is 25.2 Å². The molecule has 0 aliphatic carbocycles. The lowest BCUT2D eigenvalue weighted by Crippen LogP contribution is -2.44. The Kier molecular flexibility index (Phi) is 4.30. The van der Waals surface area contributed by atoms with Gasteiger partial charge >= 0.3 is 5.97 Å². The van der Waals surface area contributed by atoms with Crippen molar-refractivity contribution in [2.24, 2.45) is 5.92 Å². The first kappa shape index (κ1) is 14.8. The zero-order valence-electron chi connectivity index (χ0n) is 11.3. The molecule has 1 heterocycles. The molecule has 1 N–H and O–H groups in total. The third-order valence-electron chi connectivity index (χ3n) is 3.60. The highest BCUT2D eigenvalue weighted by molar-refractivity contribution is 6.31. The number of nitrogens with zero attached hydrogens (tertiary/aromatic N) is 1. The van der Waals surface area contributed by atoms with Gasteiger partial charge in [-0.3, -0.25) is 9.59 Å². The van der Waals surface area contributed by atoms with Crippen molar-refractivity contribution >= 4 is 23.5 Å². The topological polar surface area (TPSA) is 66.8 Å². The number of halogens is 1. The molecular formula is C14H16ClNO4. The standard InChI is InChI=1S/C14H16ClNO4/c1-8-3-4-9(5-11(8)15)13(17)16(2)12-7-20-6-10(12)14(18)19/h3-5,10,12H,6-7H2,1-2H3,(H,18,19). The second-order valence-electron chi connectivity index (χ2n) is 4.93. The van der Waals surface area contributed by atoms with Crippen molar-refractivity contribution < 1.29 is 19.4 Å². The van der Waals surface area contributed by atoms with E-state index in [0.29, 0.717) is 10.6 Å². The molecule has 0 radical (unpaired) electrons. The maximum absolute atomic E-state index is 12.4. The quantitative estimate of drug-likeness (QED) is 0.924. The second kappa shape index (κ2) is 5.81. The number of carboxylic acid groups (broad SMARTS) is 1. The van der Waals surface area contributed by atoms with E-state index in [4.69, 9.17) is 21.4 Å².